The van der Waals surface area contributed by atoms with E-state index in [1.165, 1.54) is 24.3 Å². The first-order chi connectivity index (χ1) is 18.6. The van der Waals surface area contributed by atoms with Gasteiger partial charge in [-0.3, -0.25) is 14.4 Å². The summed E-state index contributed by atoms with van der Waals surface area (Å²) < 4.78 is 0. The molecule has 1 heterocycles. The summed E-state index contributed by atoms with van der Waals surface area (Å²) >= 11 is 0. The minimum atomic E-state index is -1.56. The normalized spacial score (nSPS) is 14.1. The van der Waals surface area contributed by atoms with Gasteiger partial charge in [-0.2, -0.15) is 0 Å². The van der Waals surface area contributed by atoms with E-state index >= 15 is 0 Å². The second-order valence-corrected chi connectivity index (χ2v) is 8.93. The summed E-state index contributed by atoms with van der Waals surface area (Å²) in [6, 6.07) is 7.64. The second kappa shape index (κ2) is 13.4. The number of carboxylic acid groups (broad SMARTS) is 1. The number of H-pyrrole nitrogens is 1. The van der Waals surface area contributed by atoms with Gasteiger partial charge in [-0.25, -0.2) is 4.79 Å². The molecule has 2 aromatic carbocycles. The fraction of sp³-hybridized carbons (Fsp3) is 0.308. The number of phenolic OH excluding ortho intramolecular Hbond substituents is 1. The number of carboxylic acids is 1. The maximum absolute atomic E-state index is 12.7. The number of aliphatic carboxylic acids is 1. The smallest absolute Gasteiger partial charge is 0.326 e. The first-order valence-corrected chi connectivity index (χ1v) is 12.1. The van der Waals surface area contributed by atoms with Crippen molar-refractivity contribution in [2.24, 2.45) is 5.73 Å². The van der Waals surface area contributed by atoms with E-state index in [9.17, 15) is 39.6 Å². The quantitative estimate of drug-likeness (QED) is 0.123. The van der Waals surface area contributed by atoms with Gasteiger partial charge >= 0.3 is 5.97 Å². The van der Waals surface area contributed by atoms with Crippen molar-refractivity contribution in [3.05, 3.63) is 65.9 Å². The molecular weight excluding hydrogens is 510 g/mol. The average molecular weight is 542 g/mol. The molecule has 0 aliphatic heterocycles. The first-order valence-electron chi connectivity index (χ1n) is 12.1. The number of hydrogen-bond donors (Lipinski definition) is 9. The Morgan fingerprint density at radius 1 is 0.795 bits per heavy atom. The summed E-state index contributed by atoms with van der Waals surface area (Å²) in [5, 5.41) is 45.8. The summed E-state index contributed by atoms with van der Waals surface area (Å²) in [6.45, 7) is -1.70. The average Bonchev–Trinajstić information content (AvgIpc) is 3.33. The van der Waals surface area contributed by atoms with Crippen molar-refractivity contribution < 1.29 is 39.6 Å². The molecule has 39 heavy (non-hydrogen) atoms. The van der Waals surface area contributed by atoms with Gasteiger partial charge in [0.1, 0.15) is 23.9 Å². The predicted molar refractivity (Wildman–Crippen MR) is 139 cm³/mol. The van der Waals surface area contributed by atoms with Crippen LogP contribution in [0.2, 0.25) is 0 Å². The van der Waals surface area contributed by atoms with Crippen LogP contribution in [0.25, 0.3) is 10.9 Å². The van der Waals surface area contributed by atoms with E-state index in [2.05, 4.69) is 20.9 Å². The summed E-state index contributed by atoms with van der Waals surface area (Å²) in [6.07, 6.45) is 1.75. The van der Waals surface area contributed by atoms with Crippen molar-refractivity contribution in [1.82, 2.24) is 20.9 Å². The number of amides is 3. The lowest BCUT2D eigenvalue weighted by Gasteiger charge is -2.23. The van der Waals surface area contributed by atoms with E-state index in [-0.39, 0.29) is 18.6 Å². The first kappa shape index (κ1) is 29.1. The summed E-state index contributed by atoms with van der Waals surface area (Å²) in [5.74, 6) is -4.06. The number of aromatic amines is 1. The number of carbonyl (C=O) groups excluding carboxylic acids is 3. The third-order valence-electron chi connectivity index (χ3n) is 6.07. The molecular formula is C26H31N5O8. The molecule has 208 valence electrons. The SMILES string of the molecule is NC(Cc1c[nH]c2ccccc12)C(=O)NC(CO)C(=O)NC(CO)C(=O)NC(Cc1ccc(O)cc1)C(=O)O. The predicted octanol–water partition coefficient (Wildman–Crippen LogP) is -1.49. The third kappa shape index (κ3) is 7.77. The maximum atomic E-state index is 12.7. The van der Waals surface area contributed by atoms with Crippen LogP contribution in [0, 0.1) is 0 Å². The van der Waals surface area contributed by atoms with Gasteiger partial charge in [0.05, 0.1) is 19.3 Å². The van der Waals surface area contributed by atoms with Crippen molar-refractivity contribution >= 4 is 34.6 Å². The standard InChI is InChI=1S/C26H31N5O8/c27-18(10-15-11-28-19-4-2-1-3-17(15)19)23(35)30-21(12-32)25(37)31-22(13-33)24(36)29-20(26(38)39)9-14-5-7-16(34)8-6-14/h1-8,11,18,20-22,28,32-34H,9-10,12-13,27H2,(H,29,36)(H,30,35)(H,31,37)(H,38,39). The van der Waals surface area contributed by atoms with E-state index in [0.717, 1.165) is 16.5 Å². The Hall–Kier alpha value is -4.46. The zero-order valence-electron chi connectivity index (χ0n) is 20.8. The molecule has 3 amide bonds. The number of aliphatic hydroxyl groups is 2. The Balaban J connectivity index is 1.58. The van der Waals surface area contributed by atoms with Crippen LogP contribution in [0.15, 0.2) is 54.7 Å². The zero-order chi connectivity index (χ0) is 28.5. The van der Waals surface area contributed by atoms with Crippen molar-refractivity contribution in [3.8, 4) is 5.75 Å². The number of fused-ring (bicyclic) bond motifs is 1. The van der Waals surface area contributed by atoms with Crippen LogP contribution in [0.1, 0.15) is 11.1 Å². The monoisotopic (exact) mass is 541 g/mol. The lowest BCUT2D eigenvalue weighted by molar-refractivity contribution is -0.142. The van der Waals surface area contributed by atoms with Gasteiger partial charge < -0.3 is 47.1 Å². The van der Waals surface area contributed by atoms with Gasteiger partial charge in [0.25, 0.3) is 0 Å². The third-order valence-corrected chi connectivity index (χ3v) is 6.07. The number of rotatable bonds is 13. The lowest BCUT2D eigenvalue weighted by Crippen LogP contribution is -2.59. The molecule has 4 unspecified atom stereocenters. The number of aromatic hydroxyl groups is 1. The molecule has 0 saturated carbocycles. The zero-order valence-corrected chi connectivity index (χ0v) is 20.8. The molecule has 3 aromatic rings. The van der Waals surface area contributed by atoms with Crippen LogP contribution in [-0.2, 0) is 32.0 Å². The van der Waals surface area contributed by atoms with Crippen LogP contribution in [0.4, 0.5) is 0 Å². The van der Waals surface area contributed by atoms with E-state index in [1.54, 1.807) is 6.20 Å². The number of aliphatic hydroxyl groups excluding tert-OH is 2. The van der Waals surface area contributed by atoms with Crippen LogP contribution in [0.3, 0.4) is 0 Å². The summed E-state index contributed by atoms with van der Waals surface area (Å²) in [4.78, 5) is 52.7. The molecule has 0 aliphatic rings. The minimum absolute atomic E-state index is 0.0119. The van der Waals surface area contributed by atoms with Crippen LogP contribution in [-0.4, -0.2) is 86.5 Å². The number of nitrogens with one attached hydrogen (secondary N) is 4. The highest BCUT2D eigenvalue weighted by atomic mass is 16.4. The highest BCUT2D eigenvalue weighted by molar-refractivity contribution is 5.94. The van der Waals surface area contributed by atoms with E-state index in [4.69, 9.17) is 5.73 Å². The van der Waals surface area contributed by atoms with Crippen LogP contribution >= 0.6 is 0 Å². The Morgan fingerprint density at radius 3 is 1.95 bits per heavy atom. The molecule has 4 atom stereocenters. The van der Waals surface area contributed by atoms with E-state index in [1.807, 2.05) is 24.3 Å². The number of benzene rings is 2. The lowest BCUT2D eigenvalue weighted by atomic mass is 10.0. The molecule has 0 aliphatic carbocycles. The fourth-order valence-corrected chi connectivity index (χ4v) is 3.91. The molecule has 0 saturated heterocycles. The van der Waals surface area contributed by atoms with Crippen molar-refractivity contribution in [2.75, 3.05) is 13.2 Å². The van der Waals surface area contributed by atoms with Gasteiger partial charge in [-0.15, -0.1) is 0 Å². The Kier molecular flexibility index (Phi) is 9.98. The number of carbonyl (C=O) groups is 4. The molecule has 1 aromatic heterocycles. The highest BCUT2D eigenvalue weighted by Crippen LogP contribution is 2.18. The number of para-hydroxylation sites is 1. The summed E-state index contributed by atoms with van der Waals surface area (Å²) in [5.41, 5.74) is 8.19. The van der Waals surface area contributed by atoms with Crippen LogP contribution < -0.4 is 21.7 Å². The van der Waals surface area contributed by atoms with Gasteiger partial charge in [0, 0.05) is 23.5 Å². The molecule has 3 rings (SSSR count). The van der Waals surface area contributed by atoms with Crippen molar-refractivity contribution in [3.63, 3.8) is 0 Å². The van der Waals surface area contributed by atoms with Gasteiger partial charge in [-0.05, 0) is 35.7 Å². The molecule has 10 N–H and O–H groups in total. The van der Waals surface area contributed by atoms with Crippen molar-refractivity contribution in [2.45, 2.75) is 37.0 Å². The largest absolute Gasteiger partial charge is 0.508 e. The molecule has 0 radical (unpaired) electrons. The van der Waals surface area contributed by atoms with Gasteiger partial charge in [0.15, 0.2) is 0 Å². The van der Waals surface area contributed by atoms with E-state index in [0.29, 0.717) is 5.56 Å². The number of nitrogens with two attached hydrogens (primary N) is 1. The fourth-order valence-electron chi connectivity index (χ4n) is 3.91. The minimum Gasteiger partial charge on any atom is -0.508 e. The maximum Gasteiger partial charge on any atom is 0.326 e. The van der Waals surface area contributed by atoms with E-state index < -0.39 is 61.1 Å². The number of aromatic nitrogens is 1. The molecule has 13 nitrogen and oxygen atoms in total. The molecule has 13 heteroatoms. The Labute approximate surface area is 223 Å². The molecule has 0 bridgehead atoms. The number of hydrogen-bond acceptors (Lipinski definition) is 8. The van der Waals surface area contributed by atoms with Crippen LogP contribution in [0.5, 0.6) is 5.75 Å². The Bertz CT molecular complexity index is 1310. The Morgan fingerprint density at radius 2 is 1.36 bits per heavy atom. The van der Waals surface area contributed by atoms with Crippen molar-refractivity contribution in [1.29, 1.82) is 0 Å². The highest BCUT2D eigenvalue weighted by Gasteiger charge is 2.30. The second-order valence-electron chi connectivity index (χ2n) is 8.93. The topological polar surface area (TPSA) is 227 Å². The summed E-state index contributed by atoms with van der Waals surface area (Å²) in [7, 11) is 0. The molecule has 0 fully saturated rings. The van der Waals surface area contributed by atoms with Gasteiger partial charge in [-0.1, -0.05) is 30.3 Å². The van der Waals surface area contributed by atoms with Gasteiger partial charge in [0.2, 0.25) is 17.7 Å². The molecule has 0 spiro atoms. The number of phenols is 1.